The van der Waals surface area contributed by atoms with Crippen molar-refractivity contribution in [2.45, 2.75) is 0 Å². The predicted molar refractivity (Wildman–Crippen MR) is 62.4 cm³/mol. The first-order valence-corrected chi connectivity index (χ1v) is 6.33. The van der Waals surface area contributed by atoms with Gasteiger partial charge in [0.1, 0.15) is 5.52 Å². The van der Waals surface area contributed by atoms with Gasteiger partial charge in [-0.1, -0.05) is 0 Å². The van der Waals surface area contributed by atoms with Gasteiger partial charge in [0, 0.05) is 12.4 Å². The van der Waals surface area contributed by atoms with Crippen molar-refractivity contribution in [2.24, 2.45) is 0 Å². The Morgan fingerprint density at radius 3 is 2.62 bits per heavy atom. The van der Waals surface area contributed by atoms with Gasteiger partial charge in [0.05, 0.1) is 23.1 Å². The van der Waals surface area contributed by atoms with Gasteiger partial charge < -0.3 is 5.73 Å². The predicted octanol–water partition coefficient (Wildman–Crippen LogP) is 0.583. The second kappa shape index (κ2) is 3.60. The van der Waals surface area contributed by atoms with E-state index in [-0.39, 0.29) is 5.69 Å². The first-order valence-electron chi connectivity index (χ1n) is 4.44. The molecule has 0 aliphatic heterocycles. The van der Waals surface area contributed by atoms with E-state index in [0.717, 1.165) is 6.26 Å². The van der Waals surface area contributed by atoms with Crippen LogP contribution in [0.2, 0.25) is 0 Å². The topological polar surface area (TPSA) is 98.0 Å². The van der Waals surface area contributed by atoms with Gasteiger partial charge in [-0.25, -0.2) is 8.42 Å². The Kier molecular flexibility index (Phi) is 2.39. The summed E-state index contributed by atoms with van der Waals surface area (Å²) in [6.45, 7) is 0. The van der Waals surface area contributed by atoms with Gasteiger partial charge in [0.25, 0.3) is 0 Å². The van der Waals surface area contributed by atoms with Gasteiger partial charge in [-0.3, -0.25) is 14.7 Å². The second-order valence-corrected chi connectivity index (χ2v) is 5.08. The third-order valence-electron chi connectivity index (χ3n) is 1.96. The smallest absolute Gasteiger partial charge is 0.229 e. The molecule has 0 aliphatic carbocycles. The lowest BCUT2D eigenvalue weighted by atomic mass is 10.2. The number of nitrogen functional groups attached to an aromatic ring is 1. The van der Waals surface area contributed by atoms with Crippen molar-refractivity contribution in [1.82, 2.24) is 9.97 Å². The highest BCUT2D eigenvalue weighted by atomic mass is 32.2. The minimum Gasteiger partial charge on any atom is -0.397 e. The Morgan fingerprint density at radius 1 is 1.25 bits per heavy atom. The Morgan fingerprint density at radius 2 is 1.94 bits per heavy atom. The van der Waals surface area contributed by atoms with Crippen LogP contribution in [0.1, 0.15) is 0 Å². The van der Waals surface area contributed by atoms with E-state index in [1.165, 1.54) is 12.4 Å². The summed E-state index contributed by atoms with van der Waals surface area (Å²) in [5.41, 5.74) is 7.31. The fourth-order valence-corrected chi connectivity index (χ4v) is 1.93. The zero-order chi connectivity index (χ0) is 11.8. The van der Waals surface area contributed by atoms with Crippen molar-refractivity contribution in [3.63, 3.8) is 0 Å². The maximum atomic E-state index is 11.2. The lowest BCUT2D eigenvalue weighted by Crippen LogP contribution is -2.12. The first kappa shape index (κ1) is 10.6. The average molecular weight is 238 g/mol. The highest BCUT2D eigenvalue weighted by Gasteiger charge is 2.11. The third kappa shape index (κ3) is 2.03. The number of aromatic nitrogens is 2. The van der Waals surface area contributed by atoms with Gasteiger partial charge in [-0.15, -0.1) is 0 Å². The summed E-state index contributed by atoms with van der Waals surface area (Å²) in [7, 11) is -3.39. The standard InChI is InChI=1S/C9H10N4O2S/c1-16(14,15)13-8-6(10)2-3-7-9(8)12-5-4-11-7/h2-5,13H,10H2,1H3. The van der Waals surface area contributed by atoms with Gasteiger partial charge >= 0.3 is 0 Å². The maximum Gasteiger partial charge on any atom is 0.229 e. The molecule has 0 radical (unpaired) electrons. The molecule has 0 saturated heterocycles. The Bertz CT molecular complexity index is 639. The molecule has 0 spiro atoms. The third-order valence-corrected chi connectivity index (χ3v) is 2.54. The summed E-state index contributed by atoms with van der Waals surface area (Å²) in [6, 6.07) is 3.27. The van der Waals surface area contributed by atoms with E-state index in [4.69, 9.17) is 5.73 Å². The van der Waals surface area contributed by atoms with Crippen LogP contribution in [-0.4, -0.2) is 24.6 Å². The molecule has 0 atom stereocenters. The molecule has 2 rings (SSSR count). The van der Waals surface area contributed by atoms with Crippen LogP contribution in [0.3, 0.4) is 0 Å². The number of nitrogens with zero attached hydrogens (tertiary/aromatic N) is 2. The van der Waals surface area contributed by atoms with E-state index in [1.807, 2.05) is 0 Å². The van der Waals surface area contributed by atoms with Crippen LogP contribution < -0.4 is 10.5 Å². The lowest BCUT2D eigenvalue weighted by molar-refractivity contribution is 0.607. The molecule has 6 nitrogen and oxygen atoms in total. The normalized spacial score (nSPS) is 11.6. The summed E-state index contributed by atoms with van der Waals surface area (Å²) in [4.78, 5) is 8.12. The molecule has 1 aromatic heterocycles. The number of nitrogens with one attached hydrogen (secondary N) is 1. The lowest BCUT2D eigenvalue weighted by Gasteiger charge is -2.09. The summed E-state index contributed by atoms with van der Waals surface area (Å²) in [5, 5.41) is 0. The molecule has 0 saturated carbocycles. The minimum absolute atomic E-state index is 0.271. The number of hydrogen-bond donors (Lipinski definition) is 2. The molecule has 84 valence electrons. The minimum atomic E-state index is -3.39. The van der Waals surface area contributed by atoms with Gasteiger partial charge in [0.15, 0.2) is 0 Å². The summed E-state index contributed by atoms with van der Waals surface area (Å²) in [6.07, 6.45) is 4.07. The number of hydrogen-bond acceptors (Lipinski definition) is 5. The number of benzene rings is 1. The summed E-state index contributed by atoms with van der Waals surface area (Å²) >= 11 is 0. The van der Waals surface area contributed by atoms with Gasteiger partial charge in [-0.05, 0) is 12.1 Å². The Hall–Kier alpha value is -1.89. The molecule has 2 aromatic rings. The highest BCUT2D eigenvalue weighted by molar-refractivity contribution is 7.92. The quantitative estimate of drug-likeness (QED) is 0.746. The average Bonchev–Trinajstić information content (AvgIpc) is 2.21. The van der Waals surface area contributed by atoms with E-state index in [2.05, 4.69) is 14.7 Å². The van der Waals surface area contributed by atoms with Crippen LogP contribution in [0.15, 0.2) is 24.5 Å². The van der Waals surface area contributed by atoms with Crippen LogP contribution in [0, 0.1) is 0 Å². The molecule has 0 fully saturated rings. The van der Waals surface area contributed by atoms with E-state index >= 15 is 0 Å². The molecular formula is C9H10N4O2S. The van der Waals surface area contributed by atoms with Crippen LogP contribution in [0.4, 0.5) is 11.4 Å². The second-order valence-electron chi connectivity index (χ2n) is 3.33. The molecule has 1 heterocycles. The molecule has 0 unspecified atom stereocenters. The van der Waals surface area contributed by atoms with Crippen LogP contribution in [0.5, 0.6) is 0 Å². The molecule has 0 amide bonds. The van der Waals surface area contributed by atoms with Crippen molar-refractivity contribution in [3.05, 3.63) is 24.5 Å². The zero-order valence-electron chi connectivity index (χ0n) is 8.51. The van der Waals surface area contributed by atoms with Crippen molar-refractivity contribution in [2.75, 3.05) is 16.7 Å². The fourth-order valence-electron chi connectivity index (χ4n) is 1.34. The number of rotatable bonds is 2. The summed E-state index contributed by atoms with van der Waals surface area (Å²) < 4.78 is 24.7. The van der Waals surface area contributed by atoms with E-state index in [1.54, 1.807) is 12.1 Å². The molecule has 7 heteroatoms. The van der Waals surface area contributed by atoms with Crippen LogP contribution in [0.25, 0.3) is 11.0 Å². The van der Waals surface area contributed by atoms with E-state index in [9.17, 15) is 8.42 Å². The molecule has 3 N–H and O–H groups in total. The van der Waals surface area contributed by atoms with E-state index in [0.29, 0.717) is 16.7 Å². The zero-order valence-corrected chi connectivity index (χ0v) is 9.32. The van der Waals surface area contributed by atoms with Crippen molar-refractivity contribution in [3.8, 4) is 0 Å². The largest absolute Gasteiger partial charge is 0.397 e. The first-order chi connectivity index (χ1) is 7.47. The Labute approximate surface area is 92.6 Å². The van der Waals surface area contributed by atoms with Crippen LogP contribution in [-0.2, 0) is 10.0 Å². The van der Waals surface area contributed by atoms with Crippen molar-refractivity contribution < 1.29 is 8.42 Å². The fraction of sp³-hybridized carbons (Fsp3) is 0.111. The Balaban J connectivity index is 2.71. The number of nitrogens with two attached hydrogens (primary N) is 1. The highest BCUT2D eigenvalue weighted by Crippen LogP contribution is 2.26. The molecule has 0 bridgehead atoms. The summed E-state index contributed by atoms with van der Waals surface area (Å²) in [5.74, 6) is 0. The number of fused-ring (bicyclic) bond motifs is 1. The SMILES string of the molecule is CS(=O)(=O)Nc1c(N)ccc2nccnc12. The van der Waals surface area contributed by atoms with Crippen molar-refractivity contribution >= 4 is 32.4 Å². The molecule has 1 aromatic carbocycles. The number of anilines is 2. The van der Waals surface area contributed by atoms with E-state index < -0.39 is 10.0 Å². The monoisotopic (exact) mass is 238 g/mol. The maximum absolute atomic E-state index is 11.2. The van der Waals surface area contributed by atoms with Crippen molar-refractivity contribution in [1.29, 1.82) is 0 Å². The molecule has 16 heavy (non-hydrogen) atoms. The van der Waals surface area contributed by atoms with Gasteiger partial charge in [-0.2, -0.15) is 0 Å². The van der Waals surface area contributed by atoms with Gasteiger partial charge in [0.2, 0.25) is 10.0 Å². The molecular weight excluding hydrogens is 228 g/mol. The molecule has 0 aliphatic rings. The number of sulfonamides is 1. The van der Waals surface area contributed by atoms with Crippen LogP contribution >= 0.6 is 0 Å².